The highest BCUT2D eigenvalue weighted by atomic mass is 35.5. The summed E-state index contributed by atoms with van der Waals surface area (Å²) in [6, 6.07) is 3.76. The Balaban J connectivity index is 2.56. The third kappa shape index (κ3) is 4.80. The highest BCUT2D eigenvalue weighted by Gasteiger charge is 2.10. The molecule has 3 N–H and O–H groups in total. The molecule has 102 valence electrons. The van der Waals surface area contributed by atoms with Crippen LogP contribution in [0.4, 0.5) is 11.4 Å². The first-order valence-electron chi connectivity index (χ1n) is 5.06. The van der Waals surface area contributed by atoms with Crippen LogP contribution in [-0.2, 0) is 9.59 Å². The van der Waals surface area contributed by atoms with Crippen LogP contribution in [0.3, 0.4) is 0 Å². The quantitative estimate of drug-likeness (QED) is 0.527. The van der Waals surface area contributed by atoms with Gasteiger partial charge in [0.05, 0.1) is 22.2 Å². The molecule has 0 spiro atoms. The number of rotatable bonds is 6. The summed E-state index contributed by atoms with van der Waals surface area (Å²) in [5.74, 6) is -1.68. The lowest BCUT2D eigenvalue weighted by atomic mass is 10.3. The number of anilines is 1. The van der Waals surface area contributed by atoms with E-state index >= 15 is 0 Å². The summed E-state index contributed by atoms with van der Waals surface area (Å²) in [5, 5.41) is 23.7. The second-order valence-corrected chi connectivity index (χ2v) is 3.85. The van der Waals surface area contributed by atoms with Gasteiger partial charge in [0.1, 0.15) is 6.54 Å². The molecule has 0 fully saturated rings. The predicted octanol–water partition coefficient (Wildman–Crippen LogP) is 0.861. The van der Waals surface area contributed by atoms with E-state index in [0.29, 0.717) is 5.69 Å². The minimum absolute atomic E-state index is 0.0974. The van der Waals surface area contributed by atoms with E-state index < -0.39 is 23.3 Å². The minimum atomic E-state index is -1.15. The number of hydrogen-bond acceptors (Lipinski definition) is 5. The third-order valence-corrected chi connectivity index (χ3v) is 2.35. The van der Waals surface area contributed by atoms with E-state index in [1.165, 1.54) is 12.1 Å². The molecule has 8 nitrogen and oxygen atoms in total. The van der Waals surface area contributed by atoms with Gasteiger partial charge >= 0.3 is 5.97 Å². The van der Waals surface area contributed by atoms with Crippen molar-refractivity contribution in [2.45, 2.75) is 0 Å². The molecule has 1 rings (SSSR count). The first-order chi connectivity index (χ1) is 8.90. The second-order valence-electron chi connectivity index (χ2n) is 3.45. The number of nitro groups is 1. The highest BCUT2D eigenvalue weighted by molar-refractivity contribution is 6.33. The summed E-state index contributed by atoms with van der Waals surface area (Å²) in [5.41, 5.74) is 0.184. The topological polar surface area (TPSA) is 122 Å². The SMILES string of the molecule is O=C(O)CNC(=O)CNc1ccc([N+](=O)[O-])cc1Cl. The van der Waals surface area contributed by atoms with Crippen molar-refractivity contribution in [2.75, 3.05) is 18.4 Å². The van der Waals surface area contributed by atoms with Gasteiger partial charge in [-0.25, -0.2) is 0 Å². The number of benzene rings is 1. The molecule has 1 aromatic rings. The number of halogens is 1. The van der Waals surface area contributed by atoms with E-state index in [1.807, 2.05) is 0 Å². The Labute approximate surface area is 112 Å². The Morgan fingerprint density at radius 1 is 1.37 bits per heavy atom. The van der Waals surface area contributed by atoms with Gasteiger partial charge in [-0.05, 0) is 6.07 Å². The average molecular weight is 288 g/mol. The fraction of sp³-hybridized carbons (Fsp3) is 0.200. The first-order valence-corrected chi connectivity index (χ1v) is 5.44. The molecule has 0 saturated heterocycles. The van der Waals surface area contributed by atoms with Gasteiger partial charge in [-0.1, -0.05) is 11.6 Å². The van der Waals surface area contributed by atoms with E-state index in [9.17, 15) is 19.7 Å². The molecule has 0 aliphatic rings. The third-order valence-electron chi connectivity index (χ3n) is 2.04. The van der Waals surface area contributed by atoms with Crippen LogP contribution < -0.4 is 10.6 Å². The number of carboxylic acid groups (broad SMARTS) is 1. The van der Waals surface area contributed by atoms with E-state index in [4.69, 9.17) is 16.7 Å². The summed E-state index contributed by atoms with van der Waals surface area (Å²) in [6.07, 6.45) is 0. The number of nitrogens with zero attached hydrogens (tertiary/aromatic N) is 1. The van der Waals surface area contributed by atoms with Crippen molar-refractivity contribution >= 4 is 34.9 Å². The number of aliphatic carboxylic acids is 1. The molecule has 0 bridgehead atoms. The molecular weight excluding hydrogens is 278 g/mol. The van der Waals surface area contributed by atoms with E-state index in [-0.39, 0.29) is 17.3 Å². The van der Waals surface area contributed by atoms with Gasteiger partial charge in [-0.3, -0.25) is 19.7 Å². The molecule has 0 aliphatic heterocycles. The van der Waals surface area contributed by atoms with Crippen LogP contribution in [0.15, 0.2) is 18.2 Å². The number of nitrogens with one attached hydrogen (secondary N) is 2. The molecule has 19 heavy (non-hydrogen) atoms. The van der Waals surface area contributed by atoms with E-state index in [1.54, 1.807) is 0 Å². The van der Waals surface area contributed by atoms with Crippen LogP contribution in [0, 0.1) is 10.1 Å². The zero-order valence-electron chi connectivity index (χ0n) is 9.55. The summed E-state index contributed by atoms with van der Waals surface area (Å²) in [6.45, 7) is -0.667. The maximum atomic E-state index is 11.2. The molecule has 0 aromatic heterocycles. The Bertz CT molecular complexity index is 520. The Morgan fingerprint density at radius 2 is 2.05 bits per heavy atom. The standard InChI is InChI=1S/C10H10ClN3O5/c11-7-3-6(14(18)19)1-2-8(7)12-4-9(15)13-5-10(16)17/h1-3,12H,4-5H2,(H,13,15)(H,16,17). The van der Waals surface area contributed by atoms with Crippen molar-refractivity contribution in [3.8, 4) is 0 Å². The van der Waals surface area contributed by atoms with Crippen LogP contribution in [0.5, 0.6) is 0 Å². The van der Waals surface area contributed by atoms with Crippen molar-refractivity contribution in [3.63, 3.8) is 0 Å². The lowest BCUT2D eigenvalue weighted by Crippen LogP contribution is -2.33. The number of amides is 1. The van der Waals surface area contributed by atoms with Crippen LogP contribution in [0.2, 0.25) is 5.02 Å². The van der Waals surface area contributed by atoms with Gasteiger partial charge in [-0.15, -0.1) is 0 Å². The van der Waals surface area contributed by atoms with Crippen LogP contribution in [0.1, 0.15) is 0 Å². The lowest BCUT2D eigenvalue weighted by molar-refractivity contribution is -0.384. The molecule has 0 saturated carbocycles. The minimum Gasteiger partial charge on any atom is -0.480 e. The van der Waals surface area contributed by atoms with Crippen molar-refractivity contribution in [2.24, 2.45) is 0 Å². The monoisotopic (exact) mass is 287 g/mol. The fourth-order valence-corrected chi connectivity index (χ4v) is 1.41. The van der Waals surface area contributed by atoms with Gasteiger partial charge in [0.15, 0.2) is 0 Å². The lowest BCUT2D eigenvalue weighted by Gasteiger charge is -2.07. The molecule has 1 aromatic carbocycles. The number of carboxylic acids is 1. The average Bonchev–Trinajstić information content (AvgIpc) is 2.34. The summed E-state index contributed by atoms with van der Waals surface area (Å²) in [7, 11) is 0. The highest BCUT2D eigenvalue weighted by Crippen LogP contribution is 2.26. The zero-order chi connectivity index (χ0) is 14.4. The summed E-state index contributed by atoms with van der Waals surface area (Å²) >= 11 is 5.79. The molecule has 0 heterocycles. The van der Waals surface area contributed by atoms with Crippen LogP contribution in [0.25, 0.3) is 0 Å². The molecule has 0 radical (unpaired) electrons. The smallest absolute Gasteiger partial charge is 0.322 e. The van der Waals surface area contributed by atoms with Gasteiger partial charge in [0.25, 0.3) is 5.69 Å². The molecule has 9 heteroatoms. The second kappa shape index (κ2) is 6.55. The largest absolute Gasteiger partial charge is 0.480 e. The maximum absolute atomic E-state index is 11.2. The van der Waals surface area contributed by atoms with Gasteiger partial charge < -0.3 is 15.7 Å². The summed E-state index contributed by atoms with van der Waals surface area (Å²) in [4.78, 5) is 31.3. The number of carbonyl (C=O) groups excluding carboxylic acids is 1. The molecule has 0 aliphatic carbocycles. The predicted molar refractivity (Wildman–Crippen MR) is 67.2 cm³/mol. The summed E-state index contributed by atoms with van der Waals surface area (Å²) < 4.78 is 0. The zero-order valence-corrected chi connectivity index (χ0v) is 10.3. The number of carbonyl (C=O) groups is 2. The molecular formula is C10H10ClN3O5. The van der Waals surface area contributed by atoms with Gasteiger partial charge in [-0.2, -0.15) is 0 Å². The van der Waals surface area contributed by atoms with Crippen molar-refractivity contribution in [3.05, 3.63) is 33.3 Å². The molecule has 0 unspecified atom stereocenters. The van der Waals surface area contributed by atoms with Gasteiger partial charge in [0.2, 0.25) is 5.91 Å². The maximum Gasteiger partial charge on any atom is 0.322 e. The van der Waals surface area contributed by atoms with E-state index in [0.717, 1.165) is 6.07 Å². The van der Waals surface area contributed by atoms with E-state index in [2.05, 4.69) is 10.6 Å². The Kier molecular flexibility index (Phi) is 5.07. The van der Waals surface area contributed by atoms with Crippen LogP contribution in [-0.4, -0.2) is 35.0 Å². The van der Waals surface area contributed by atoms with Crippen molar-refractivity contribution in [1.82, 2.24) is 5.32 Å². The van der Waals surface area contributed by atoms with Crippen molar-refractivity contribution < 1.29 is 19.6 Å². The fourth-order valence-electron chi connectivity index (χ4n) is 1.17. The Hall–Kier alpha value is -2.35. The van der Waals surface area contributed by atoms with Crippen molar-refractivity contribution in [1.29, 1.82) is 0 Å². The first kappa shape index (κ1) is 14.7. The number of hydrogen-bond donors (Lipinski definition) is 3. The van der Waals surface area contributed by atoms with Gasteiger partial charge in [0, 0.05) is 12.1 Å². The molecule has 0 atom stereocenters. The Morgan fingerprint density at radius 3 is 2.58 bits per heavy atom. The number of nitro benzene ring substituents is 1. The number of non-ortho nitro benzene ring substituents is 1. The van der Waals surface area contributed by atoms with Crippen LogP contribution >= 0.6 is 11.6 Å². The molecule has 1 amide bonds. The normalized spacial score (nSPS) is 9.74.